The van der Waals surface area contributed by atoms with E-state index < -0.39 is 41.0 Å². The molecule has 0 saturated carbocycles. The van der Waals surface area contributed by atoms with Gasteiger partial charge in [0.25, 0.3) is 15.7 Å². The number of halogens is 7. The van der Waals surface area contributed by atoms with Crippen molar-refractivity contribution in [3.63, 3.8) is 0 Å². The summed E-state index contributed by atoms with van der Waals surface area (Å²) in [7, 11) is -5.65. The predicted octanol–water partition coefficient (Wildman–Crippen LogP) is 4.21. The molecular weight excluding hydrogens is 465 g/mol. The van der Waals surface area contributed by atoms with Gasteiger partial charge in [-0.05, 0) is 12.1 Å². The Balaban J connectivity index is 2.55. The van der Waals surface area contributed by atoms with Gasteiger partial charge < -0.3 is 5.32 Å². The minimum atomic E-state index is -5.65. The van der Waals surface area contributed by atoms with Crippen LogP contribution < -0.4 is 5.32 Å². The first kappa shape index (κ1) is 21.1. The predicted molar refractivity (Wildman–Crippen MR) is 90.9 cm³/mol. The van der Waals surface area contributed by atoms with Gasteiger partial charge in [0.2, 0.25) is 0 Å². The third kappa shape index (κ3) is 4.04. The molecule has 1 heterocycles. The Hall–Kier alpha value is -1.20. The Kier molecular flexibility index (Phi) is 6.03. The lowest BCUT2D eigenvalue weighted by Gasteiger charge is -2.14. The molecule has 142 valence electrons. The Bertz CT molecular complexity index is 937. The summed E-state index contributed by atoms with van der Waals surface area (Å²) in [6, 6.07) is 2.45. The van der Waals surface area contributed by atoms with Gasteiger partial charge in [0.15, 0.2) is 4.84 Å². The molecule has 0 spiro atoms. The molecule has 1 aromatic carbocycles. The van der Waals surface area contributed by atoms with Crippen molar-refractivity contribution in [2.45, 2.75) is 15.2 Å². The van der Waals surface area contributed by atoms with Gasteiger partial charge >= 0.3 is 5.51 Å². The summed E-state index contributed by atoms with van der Waals surface area (Å²) in [5, 5.41) is 5.23. The lowest BCUT2D eigenvalue weighted by molar-refractivity contribution is -0.114. The topological polar surface area (TPSA) is 81.1 Å². The second-order valence-corrected chi connectivity index (χ2v) is 8.45. The smallest absolute Gasteiger partial charge is 0.308 e. The van der Waals surface area contributed by atoms with Crippen molar-refractivity contribution in [1.29, 1.82) is 0 Å². The number of nitrogens with zero attached hydrogens (tertiary/aromatic N) is 2. The number of carbonyl (C=O) groups is 1. The standard InChI is InChI=1S/C12H6Cl4F3N3O3S/c13-6-3-5(26(24,25)12(17,18)19)4-7(14)9(6)22-8(1-2-20-22)21-11(23)10(15)16/h1-4,10H,(H,21,23). The fourth-order valence-corrected chi connectivity index (χ4v) is 3.49. The zero-order valence-electron chi connectivity index (χ0n) is 12.1. The van der Waals surface area contributed by atoms with Gasteiger partial charge in [-0.2, -0.15) is 18.3 Å². The number of amides is 1. The summed E-state index contributed by atoms with van der Waals surface area (Å²) in [6.45, 7) is 0. The zero-order chi connectivity index (χ0) is 19.9. The van der Waals surface area contributed by atoms with E-state index in [-0.39, 0.29) is 11.5 Å². The Morgan fingerprint density at radius 2 is 1.73 bits per heavy atom. The molecule has 0 radical (unpaired) electrons. The van der Waals surface area contributed by atoms with Crippen molar-refractivity contribution in [2.75, 3.05) is 5.32 Å². The summed E-state index contributed by atoms with van der Waals surface area (Å²) >= 11 is 22.7. The molecule has 6 nitrogen and oxygen atoms in total. The van der Waals surface area contributed by atoms with Crippen LogP contribution in [0.5, 0.6) is 0 Å². The van der Waals surface area contributed by atoms with Crippen LogP contribution in [-0.4, -0.2) is 34.5 Å². The van der Waals surface area contributed by atoms with Crippen LogP contribution in [0.1, 0.15) is 0 Å². The first-order valence-corrected chi connectivity index (χ1v) is 9.41. The fourth-order valence-electron chi connectivity index (χ4n) is 1.79. The summed E-state index contributed by atoms with van der Waals surface area (Å²) in [5.41, 5.74) is -5.68. The largest absolute Gasteiger partial charge is 0.501 e. The molecule has 26 heavy (non-hydrogen) atoms. The molecule has 0 fully saturated rings. The molecule has 0 aliphatic carbocycles. The van der Waals surface area contributed by atoms with Crippen LogP contribution in [0.4, 0.5) is 19.0 Å². The van der Waals surface area contributed by atoms with E-state index >= 15 is 0 Å². The van der Waals surface area contributed by atoms with Gasteiger partial charge in [0, 0.05) is 6.07 Å². The van der Waals surface area contributed by atoms with E-state index in [1.165, 1.54) is 12.3 Å². The van der Waals surface area contributed by atoms with E-state index in [4.69, 9.17) is 46.4 Å². The van der Waals surface area contributed by atoms with Crippen LogP contribution in [-0.2, 0) is 14.6 Å². The highest BCUT2D eigenvalue weighted by Gasteiger charge is 2.47. The number of carbonyl (C=O) groups excluding carboxylic acids is 1. The third-order valence-corrected chi connectivity index (χ3v) is 5.35. The lowest BCUT2D eigenvalue weighted by atomic mass is 10.3. The molecule has 2 aromatic rings. The third-order valence-electron chi connectivity index (χ3n) is 2.91. The van der Waals surface area contributed by atoms with E-state index in [1.807, 2.05) is 0 Å². The molecule has 1 N–H and O–H groups in total. The maximum Gasteiger partial charge on any atom is 0.501 e. The first-order valence-electron chi connectivity index (χ1n) is 6.30. The van der Waals surface area contributed by atoms with E-state index in [2.05, 4.69) is 10.4 Å². The van der Waals surface area contributed by atoms with E-state index in [9.17, 15) is 26.4 Å². The normalized spacial score (nSPS) is 12.5. The number of nitrogens with one attached hydrogen (secondary N) is 1. The van der Waals surface area contributed by atoms with Crippen LogP contribution in [0, 0.1) is 0 Å². The number of rotatable bonds is 4. The molecule has 2 rings (SSSR count). The monoisotopic (exact) mass is 469 g/mol. The number of alkyl halides is 5. The number of anilines is 1. The second kappa shape index (κ2) is 7.43. The average molecular weight is 471 g/mol. The Morgan fingerprint density at radius 3 is 2.19 bits per heavy atom. The molecule has 0 aliphatic rings. The van der Waals surface area contributed by atoms with Gasteiger partial charge in [-0.3, -0.25) is 4.79 Å². The van der Waals surface area contributed by atoms with Gasteiger partial charge in [-0.1, -0.05) is 46.4 Å². The maximum atomic E-state index is 12.7. The molecule has 0 bridgehead atoms. The minimum Gasteiger partial charge on any atom is -0.308 e. The number of benzene rings is 1. The molecule has 0 saturated heterocycles. The number of hydrogen-bond acceptors (Lipinski definition) is 4. The van der Waals surface area contributed by atoms with Crippen LogP contribution in [0.25, 0.3) is 5.69 Å². The summed E-state index contributed by atoms with van der Waals surface area (Å²) < 4.78 is 62.0. The van der Waals surface area contributed by atoms with Gasteiger partial charge in [-0.15, -0.1) is 0 Å². The van der Waals surface area contributed by atoms with E-state index in [1.54, 1.807) is 0 Å². The Morgan fingerprint density at radius 1 is 1.19 bits per heavy atom. The van der Waals surface area contributed by atoms with Crippen LogP contribution >= 0.6 is 46.4 Å². The highest BCUT2D eigenvalue weighted by molar-refractivity contribution is 7.92. The highest BCUT2D eigenvalue weighted by Crippen LogP contribution is 2.37. The summed E-state index contributed by atoms with van der Waals surface area (Å²) in [5.74, 6) is -0.810. The fraction of sp³-hybridized carbons (Fsp3) is 0.167. The van der Waals surface area contributed by atoms with E-state index in [0.29, 0.717) is 12.1 Å². The van der Waals surface area contributed by atoms with Crippen molar-refractivity contribution in [3.8, 4) is 5.69 Å². The molecule has 14 heteroatoms. The van der Waals surface area contributed by atoms with E-state index in [0.717, 1.165) is 4.68 Å². The lowest BCUT2D eigenvalue weighted by Crippen LogP contribution is -2.23. The second-order valence-electron chi connectivity index (χ2n) is 4.60. The SMILES string of the molecule is O=C(Nc1ccnn1-c1c(Cl)cc(S(=O)(=O)C(F)(F)F)cc1Cl)C(Cl)Cl. The molecule has 1 aromatic heterocycles. The van der Waals surface area contributed by atoms with Gasteiger partial charge in [0.1, 0.15) is 11.5 Å². The molecule has 0 atom stereocenters. The van der Waals surface area contributed by atoms with Crippen molar-refractivity contribution >= 4 is 68.0 Å². The number of sulfone groups is 1. The average Bonchev–Trinajstić information content (AvgIpc) is 2.93. The minimum absolute atomic E-state index is 0.00321. The van der Waals surface area contributed by atoms with Crippen molar-refractivity contribution in [1.82, 2.24) is 9.78 Å². The van der Waals surface area contributed by atoms with Crippen molar-refractivity contribution < 1.29 is 26.4 Å². The molecule has 0 unspecified atom stereocenters. The quantitative estimate of drug-likeness (QED) is 0.678. The molecule has 1 amide bonds. The van der Waals surface area contributed by atoms with Gasteiger partial charge in [-0.25, -0.2) is 13.1 Å². The van der Waals surface area contributed by atoms with Gasteiger partial charge in [0.05, 0.1) is 21.1 Å². The Labute approximate surface area is 164 Å². The number of aromatic nitrogens is 2. The molecular formula is C12H6Cl4F3N3O3S. The van der Waals surface area contributed by atoms with Crippen LogP contribution in [0.2, 0.25) is 10.0 Å². The summed E-state index contributed by atoms with van der Waals surface area (Å²) in [6.07, 6.45) is 1.22. The summed E-state index contributed by atoms with van der Waals surface area (Å²) in [4.78, 5) is 9.04. The van der Waals surface area contributed by atoms with Crippen molar-refractivity contribution in [3.05, 3.63) is 34.4 Å². The zero-order valence-corrected chi connectivity index (χ0v) is 15.9. The van der Waals surface area contributed by atoms with Crippen molar-refractivity contribution in [2.24, 2.45) is 0 Å². The van der Waals surface area contributed by atoms with Crippen LogP contribution in [0.3, 0.4) is 0 Å². The number of hydrogen-bond donors (Lipinski definition) is 1. The first-order chi connectivity index (χ1) is 11.9. The molecule has 0 aliphatic heterocycles. The van der Waals surface area contributed by atoms with Crippen LogP contribution in [0.15, 0.2) is 29.3 Å². The highest BCUT2D eigenvalue weighted by atomic mass is 35.5. The maximum absolute atomic E-state index is 12.7.